The molecule has 7 nitrogen and oxygen atoms in total. The summed E-state index contributed by atoms with van der Waals surface area (Å²) in [6.07, 6.45) is 3.57. The highest BCUT2D eigenvalue weighted by molar-refractivity contribution is 5.78. The van der Waals surface area contributed by atoms with Crippen LogP contribution in [0.5, 0.6) is 0 Å². The maximum atomic E-state index is 12.3. The molecule has 128 valence electrons. The van der Waals surface area contributed by atoms with Gasteiger partial charge in [-0.15, -0.1) is 0 Å². The average Bonchev–Trinajstić information content (AvgIpc) is 3.02. The van der Waals surface area contributed by atoms with Gasteiger partial charge in [0.05, 0.1) is 12.6 Å². The van der Waals surface area contributed by atoms with Crippen molar-refractivity contribution >= 4 is 5.91 Å². The summed E-state index contributed by atoms with van der Waals surface area (Å²) in [6, 6.07) is 0.135. The Balaban J connectivity index is 1.45. The molecule has 0 aliphatic carbocycles. The molecule has 23 heavy (non-hydrogen) atoms. The Bertz CT molecular complexity index is 518. The van der Waals surface area contributed by atoms with E-state index in [-0.39, 0.29) is 6.04 Å². The summed E-state index contributed by atoms with van der Waals surface area (Å²) in [4.78, 5) is 23.3. The second-order valence-electron chi connectivity index (χ2n) is 6.61. The van der Waals surface area contributed by atoms with E-state index in [2.05, 4.69) is 26.9 Å². The minimum absolute atomic E-state index is 0.135. The number of piperidine rings is 1. The Morgan fingerprint density at radius 3 is 2.43 bits per heavy atom. The third kappa shape index (κ3) is 4.09. The molecule has 0 bridgehead atoms. The van der Waals surface area contributed by atoms with Crippen LogP contribution >= 0.6 is 0 Å². The highest BCUT2D eigenvalue weighted by atomic mass is 16.5. The van der Waals surface area contributed by atoms with Crippen LogP contribution in [-0.4, -0.2) is 76.6 Å². The first-order chi connectivity index (χ1) is 11.1. The average molecular weight is 321 g/mol. The van der Waals surface area contributed by atoms with Crippen LogP contribution < -0.4 is 0 Å². The Hall–Kier alpha value is -1.47. The smallest absolute Gasteiger partial charge is 0.243 e. The number of hydrogen-bond donors (Lipinski definition) is 0. The maximum absolute atomic E-state index is 12.3. The zero-order chi connectivity index (χ0) is 16.2. The molecule has 0 N–H and O–H groups in total. The molecular formula is C16H27N5O2. The van der Waals surface area contributed by atoms with E-state index in [9.17, 15) is 4.79 Å². The van der Waals surface area contributed by atoms with Crippen LogP contribution in [0.25, 0.3) is 0 Å². The first-order valence-corrected chi connectivity index (χ1v) is 8.68. The maximum Gasteiger partial charge on any atom is 0.243 e. The molecule has 1 aromatic heterocycles. The highest BCUT2D eigenvalue weighted by Crippen LogP contribution is 2.20. The number of amides is 1. The summed E-state index contributed by atoms with van der Waals surface area (Å²) in [5.41, 5.74) is 0. The summed E-state index contributed by atoms with van der Waals surface area (Å²) in [7, 11) is 0. The Kier molecular flexibility index (Phi) is 5.27. The zero-order valence-corrected chi connectivity index (χ0v) is 14.2. The van der Waals surface area contributed by atoms with Crippen molar-refractivity contribution in [2.45, 2.75) is 39.2 Å². The van der Waals surface area contributed by atoms with Crippen LogP contribution in [0.1, 0.15) is 43.9 Å². The number of aryl methyl sites for hydroxylation is 1. The fourth-order valence-electron chi connectivity index (χ4n) is 3.38. The molecular weight excluding hydrogens is 294 g/mol. The normalized spacial score (nSPS) is 22.3. The number of carbonyl (C=O) groups excluding carboxylic acids is 1. The first kappa shape index (κ1) is 16.4. The van der Waals surface area contributed by atoms with Crippen molar-refractivity contribution in [3.8, 4) is 0 Å². The predicted octanol–water partition coefficient (Wildman–Crippen LogP) is 1.07. The Morgan fingerprint density at radius 2 is 1.83 bits per heavy atom. The van der Waals surface area contributed by atoms with Crippen LogP contribution in [0.4, 0.5) is 0 Å². The molecule has 7 heteroatoms. The summed E-state index contributed by atoms with van der Waals surface area (Å²) < 4.78 is 5.27. The van der Waals surface area contributed by atoms with Crippen molar-refractivity contribution in [3.63, 3.8) is 0 Å². The summed E-state index contributed by atoms with van der Waals surface area (Å²) in [5.74, 6) is 1.65. The highest BCUT2D eigenvalue weighted by Gasteiger charge is 2.27. The third-order valence-electron chi connectivity index (χ3n) is 4.92. The molecule has 0 saturated carbocycles. The quantitative estimate of drug-likeness (QED) is 0.826. The standard InChI is InChI=1S/C16H27N5O2/c1-13(16-17-14(2)18-23-16)20-10-8-19(9-11-20)12-15(22)21-6-4-3-5-7-21/h13H,3-12H2,1-2H3. The summed E-state index contributed by atoms with van der Waals surface area (Å²) >= 11 is 0. The summed E-state index contributed by atoms with van der Waals surface area (Å²) in [5, 5.41) is 3.87. The lowest BCUT2D eigenvalue weighted by Gasteiger charge is -2.37. The number of nitrogens with zero attached hydrogens (tertiary/aromatic N) is 5. The van der Waals surface area contributed by atoms with E-state index in [0.29, 0.717) is 24.2 Å². The van der Waals surface area contributed by atoms with E-state index in [1.54, 1.807) is 0 Å². The number of piperazine rings is 1. The van der Waals surface area contributed by atoms with Crippen LogP contribution in [0.15, 0.2) is 4.52 Å². The summed E-state index contributed by atoms with van der Waals surface area (Å²) in [6.45, 7) is 10.0. The van der Waals surface area contributed by atoms with Crippen molar-refractivity contribution in [3.05, 3.63) is 11.7 Å². The molecule has 0 radical (unpaired) electrons. The van der Waals surface area contributed by atoms with E-state index >= 15 is 0 Å². The molecule has 0 aromatic carbocycles. The van der Waals surface area contributed by atoms with Gasteiger partial charge in [-0.25, -0.2) is 0 Å². The molecule has 2 aliphatic heterocycles. The first-order valence-electron chi connectivity index (χ1n) is 8.68. The van der Waals surface area contributed by atoms with E-state index < -0.39 is 0 Å². The fourth-order valence-corrected chi connectivity index (χ4v) is 3.38. The van der Waals surface area contributed by atoms with Gasteiger partial charge in [0.25, 0.3) is 0 Å². The number of hydrogen-bond acceptors (Lipinski definition) is 6. The predicted molar refractivity (Wildman–Crippen MR) is 85.9 cm³/mol. The van der Waals surface area contributed by atoms with Gasteiger partial charge in [0.2, 0.25) is 11.8 Å². The van der Waals surface area contributed by atoms with E-state index in [1.165, 1.54) is 6.42 Å². The molecule has 2 aliphatic rings. The minimum Gasteiger partial charge on any atom is -0.342 e. The van der Waals surface area contributed by atoms with Crippen molar-refractivity contribution in [1.29, 1.82) is 0 Å². The van der Waals surface area contributed by atoms with Gasteiger partial charge < -0.3 is 9.42 Å². The van der Waals surface area contributed by atoms with E-state index in [4.69, 9.17) is 4.52 Å². The monoisotopic (exact) mass is 321 g/mol. The molecule has 2 fully saturated rings. The van der Waals surface area contributed by atoms with Gasteiger partial charge in [-0.05, 0) is 33.1 Å². The van der Waals surface area contributed by atoms with Crippen molar-refractivity contribution in [1.82, 2.24) is 24.8 Å². The molecule has 1 atom stereocenters. The molecule has 0 spiro atoms. The molecule has 1 unspecified atom stereocenters. The number of rotatable bonds is 4. The molecule has 1 amide bonds. The van der Waals surface area contributed by atoms with Crippen molar-refractivity contribution < 1.29 is 9.32 Å². The van der Waals surface area contributed by atoms with Crippen LogP contribution in [0.3, 0.4) is 0 Å². The van der Waals surface area contributed by atoms with Crippen LogP contribution in [0.2, 0.25) is 0 Å². The van der Waals surface area contributed by atoms with E-state index in [1.807, 2.05) is 11.8 Å². The fraction of sp³-hybridized carbons (Fsp3) is 0.812. The largest absolute Gasteiger partial charge is 0.342 e. The Morgan fingerprint density at radius 1 is 1.13 bits per heavy atom. The topological polar surface area (TPSA) is 65.7 Å². The van der Waals surface area contributed by atoms with Gasteiger partial charge in [-0.1, -0.05) is 5.16 Å². The minimum atomic E-state index is 0.135. The number of likely N-dealkylation sites (tertiary alicyclic amines) is 1. The molecule has 2 saturated heterocycles. The van der Waals surface area contributed by atoms with Crippen LogP contribution in [0, 0.1) is 6.92 Å². The SMILES string of the molecule is Cc1noc(C(C)N2CCN(CC(=O)N3CCCCC3)CC2)n1. The molecule has 3 heterocycles. The second kappa shape index (κ2) is 7.40. The van der Waals surface area contributed by atoms with Gasteiger partial charge in [-0.2, -0.15) is 4.98 Å². The Labute approximate surface area is 137 Å². The third-order valence-corrected chi connectivity index (χ3v) is 4.92. The lowest BCUT2D eigenvalue weighted by molar-refractivity contribution is -0.133. The van der Waals surface area contributed by atoms with Gasteiger partial charge in [0, 0.05) is 39.3 Å². The number of aromatic nitrogens is 2. The van der Waals surface area contributed by atoms with Gasteiger partial charge in [0.1, 0.15) is 0 Å². The van der Waals surface area contributed by atoms with Crippen molar-refractivity contribution in [2.24, 2.45) is 0 Å². The molecule has 3 rings (SSSR count). The lowest BCUT2D eigenvalue weighted by atomic mass is 10.1. The van der Waals surface area contributed by atoms with Gasteiger partial charge in [-0.3, -0.25) is 14.6 Å². The zero-order valence-electron chi connectivity index (χ0n) is 14.2. The van der Waals surface area contributed by atoms with E-state index in [0.717, 1.165) is 52.1 Å². The second-order valence-corrected chi connectivity index (χ2v) is 6.61. The van der Waals surface area contributed by atoms with Gasteiger partial charge >= 0.3 is 0 Å². The van der Waals surface area contributed by atoms with Crippen molar-refractivity contribution in [2.75, 3.05) is 45.8 Å². The lowest BCUT2D eigenvalue weighted by Crippen LogP contribution is -2.51. The number of carbonyl (C=O) groups is 1. The molecule has 1 aromatic rings. The van der Waals surface area contributed by atoms with Gasteiger partial charge in [0.15, 0.2) is 5.82 Å². The van der Waals surface area contributed by atoms with Crippen LogP contribution in [-0.2, 0) is 4.79 Å².